The minimum atomic E-state index is -2.88. The molecule has 302 valence electrons. The molecule has 0 bridgehead atoms. The average molecular weight is 867 g/mol. The zero-order valence-electron chi connectivity index (χ0n) is 31.4. The van der Waals surface area contributed by atoms with E-state index in [0.717, 1.165) is 41.8 Å². The Kier molecular flexibility index (Phi) is 13.5. The van der Waals surface area contributed by atoms with Gasteiger partial charge in [0.25, 0.3) is 11.8 Å². The van der Waals surface area contributed by atoms with Crippen molar-refractivity contribution in [3.05, 3.63) is 148 Å². The summed E-state index contributed by atoms with van der Waals surface area (Å²) in [5, 5.41) is 30.0. The largest absolute Gasteiger partial charge is 0.435 e. The number of halogens is 3. The molecule has 0 unspecified atom stereocenters. The smallest absolute Gasteiger partial charge is 0.387 e. The van der Waals surface area contributed by atoms with Crippen LogP contribution in [0.25, 0.3) is 11.4 Å². The van der Waals surface area contributed by atoms with E-state index in [2.05, 4.69) is 58.2 Å². The summed E-state index contributed by atoms with van der Waals surface area (Å²) in [6, 6.07) is 28.6. The maximum Gasteiger partial charge on any atom is 0.387 e. The predicted molar refractivity (Wildman–Crippen MR) is 218 cm³/mol. The van der Waals surface area contributed by atoms with E-state index in [1.165, 1.54) is 33.9 Å². The molecule has 2 aliphatic rings. The van der Waals surface area contributed by atoms with E-state index in [9.17, 15) is 23.6 Å². The molecule has 17 heteroatoms. The van der Waals surface area contributed by atoms with Crippen LogP contribution in [0.2, 0.25) is 0 Å². The van der Waals surface area contributed by atoms with Crippen molar-refractivity contribution < 1.29 is 32.6 Å². The fourth-order valence-electron chi connectivity index (χ4n) is 6.26. The number of hydrogen-bond acceptors (Lipinski definition) is 10. The number of carbonyl (C=O) groups is 2. The van der Waals surface area contributed by atoms with Crippen LogP contribution in [-0.4, -0.2) is 77.4 Å². The Labute approximate surface area is 346 Å². The lowest BCUT2D eigenvalue weighted by atomic mass is 10.1. The number of carbonyl (C=O) groups excluding carboxylic acids is 2. The lowest BCUT2D eigenvalue weighted by molar-refractivity contribution is -0.0498. The van der Waals surface area contributed by atoms with Crippen molar-refractivity contribution in [3.63, 3.8) is 0 Å². The summed E-state index contributed by atoms with van der Waals surface area (Å²) in [6.45, 7) is 1.76. The topological polar surface area (TPSA) is 169 Å². The second-order valence-corrected chi connectivity index (χ2v) is 14.2. The van der Waals surface area contributed by atoms with Gasteiger partial charge < -0.3 is 35.5 Å². The number of hydrogen-bond donors (Lipinski definition) is 4. The minimum Gasteiger partial charge on any atom is -0.435 e. The molecular weight excluding hydrogens is 828 g/mol. The second-order valence-electron chi connectivity index (χ2n) is 13.3. The molecule has 2 aromatic heterocycles. The molecule has 2 fully saturated rings. The summed E-state index contributed by atoms with van der Waals surface area (Å²) in [5.74, 6) is -0.519. The second kappa shape index (κ2) is 19.4. The molecule has 8 rings (SSSR count). The van der Waals surface area contributed by atoms with Crippen LogP contribution in [0.1, 0.15) is 49.6 Å². The molecule has 0 spiro atoms. The van der Waals surface area contributed by atoms with Crippen LogP contribution in [0.15, 0.2) is 120 Å². The normalized spacial score (nSPS) is 16.3. The van der Waals surface area contributed by atoms with Crippen molar-refractivity contribution in [2.24, 2.45) is 0 Å². The Morgan fingerprint density at radius 2 is 1.31 bits per heavy atom. The number of morpholine rings is 2. The van der Waals surface area contributed by atoms with Crippen molar-refractivity contribution in [1.29, 1.82) is 5.26 Å². The summed E-state index contributed by atoms with van der Waals surface area (Å²) in [5.41, 5.74) is 5.93. The minimum absolute atomic E-state index is 0.0132. The molecule has 0 aliphatic carbocycles. The predicted octanol–water partition coefficient (Wildman–Crippen LogP) is 6.81. The Morgan fingerprint density at radius 3 is 1.80 bits per heavy atom. The third kappa shape index (κ3) is 10.8. The summed E-state index contributed by atoms with van der Waals surface area (Å²) in [4.78, 5) is 25.1. The van der Waals surface area contributed by atoms with Gasteiger partial charge in [-0.1, -0.05) is 40.2 Å². The van der Waals surface area contributed by atoms with Crippen molar-refractivity contribution in [3.8, 4) is 23.2 Å². The van der Waals surface area contributed by atoms with Crippen LogP contribution in [0.3, 0.4) is 0 Å². The fraction of sp³-hybridized carbons (Fsp3) is 0.214. The van der Waals surface area contributed by atoms with Crippen molar-refractivity contribution in [1.82, 2.24) is 30.2 Å². The molecule has 2 aliphatic heterocycles. The molecule has 6 aromatic rings. The van der Waals surface area contributed by atoms with E-state index in [1.807, 2.05) is 54.6 Å². The standard InChI is InChI=1S/C21H18BrN5O2.C21H20F2N4O3/c22-17-3-6-19(15(9-17)10-23)27-13-16(11-25-27)21(28)26-18-4-1-14(2-5-18)20-12-24-7-8-29-20;22-21(23)30-18-7-5-17(6-8-18)27-13-15(11-25-27)20(28)26-16-3-1-14(2-4-16)19-12-24-9-10-29-19/h1-6,9,11,13,20,24H,7-8,12H2,(H,26,28);1-8,11,13,19,21,24H,9-10,12H2,(H,26,28)/t20-;19-/m11/s1. The van der Waals surface area contributed by atoms with Crippen LogP contribution in [0, 0.1) is 11.3 Å². The van der Waals surface area contributed by atoms with Crippen LogP contribution in [0.5, 0.6) is 5.75 Å². The van der Waals surface area contributed by atoms with Crippen LogP contribution in [-0.2, 0) is 9.47 Å². The highest BCUT2D eigenvalue weighted by Gasteiger charge is 2.18. The molecule has 4 aromatic carbocycles. The summed E-state index contributed by atoms with van der Waals surface area (Å²) in [6.07, 6.45) is 6.14. The number of ether oxygens (including phenoxy) is 3. The zero-order valence-corrected chi connectivity index (χ0v) is 32.9. The Balaban J connectivity index is 0.000000179. The summed E-state index contributed by atoms with van der Waals surface area (Å²) in [7, 11) is 0. The number of benzene rings is 4. The van der Waals surface area contributed by atoms with Gasteiger partial charge in [-0.25, -0.2) is 9.36 Å². The number of nitrogens with zero attached hydrogens (tertiary/aromatic N) is 5. The molecule has 0 radical (unpaired) electrons. The molecule has 59 heavy (non-hydrogen) atoms. The van der Waals surface area contributed by atoms with E-state index in [4.69, 9.17) is 9.47 Å². The molecule has 4 heterocycles. The lowest BCUT2D eigenvalue weighted by Gasteiger charge is -2.24. The number of rotatable bonds is 10. The van der Waals surface area contributed by atoms with E-state index >= 15 is 0 Å². The number of aromatic nitrogens is 4. The van der Waals surface area contributed by atoms with Crippen molar-refractivity contribution in [2.45, 2.75) is 18.8 Å². The number of alkyl halides is 2. The van der Waals surface area contributed by atoms with Gasteiger partial charge in [0.1, 0.15) is 11.8 Å². The molecular formula is C42H38BrF2N9O5. The van der Waals surface area contributed by atoms with Crippen LogP contribution in [0.4, 0.5) is 20.2 Å². The molecule has 2 atom stereocenters. The third-order valence-electron chi connectivity index (χ3n) is 9.28. The molecule has 14 nitrogen and oxygen atoms in total. The van der Waals surface area contributed by atoms with E-state index in [1.54, 1.807) is 36.7 Å². The first-order chi connectivity index (χ1) is 28.7. The van der Waals surface area contributed by atoms with Gasteiger partial charge in [-0.2, -0.15) is 24.2 Å². The van der Waals surface area contributed by atoms with Gasteiger partial charge in [0.05, 0.1) is 65.9 Å². The maximum atomic E-state index is 12.6. The van der Waals surface area contributed by atoms with Gasteiger partial charge in [0.2, 0.25) is 0 Å². The molecule has 2 saturated heterocycles. The number of nitrogens with one attached hydrogen (secondary N) is 4. The van der Waals surface area contributed by atoms with Gasteiger partial charge in [-0.3, -0.25) is 9.59 Å². The highest BCUT2D eigenvalue weighted by atomic mass is 79.9. The summed E-state index contributed by atoms with van der Waals surface area (Å²) >= 11 is 3.35. The highest BCUT2D eigenvalue weighted by Crippen LogP contribution is 2.24. The maximum absolute atomic E-state index is 12.6. The first-order valence-corrected chi connectivity index (χ1v) is 19.3. The van der Waals surface area contributed by atoms with Gasteiger partial charge in [-0.15, -0.1) is 0 Å². The van der Waals surface area contributed by atoms with Crippen molar-refractivity contribution in [2.75, 3.05) is 50.0 Å². The first-order valence-electron chi connectivity index (χ1n) is 18.5. The van der Waals surface area contributed by atoms with Crippen LogP contribution < -0.4 is 26.0 Å². The van der Waals surface area contributed by atoms with E-state index in [-0.39, 0.29) is 29.8 Å². The number of anilines is 2. The Morgan fingerprint density at radius 1 is 0.780 bits per heavy atom. The Hall–Kier alpha value is -6.29. The van der Waals surface area contributed by atoms with Crippen molar-refractivity contribution >= 4 is 39.1 Å². The quantitative estimate of drug-likeness (QED) is 0.115. The monoisotopic (exact) mass is 865 g/mol. The third-order valence-corrected chi connectivity index (χ3v) is 9.77. The molecule has 2 amide bonds. The SMILES string of the molecule is N#Cc1cc(Br)ccc1-n1cc(C(=O)Nc2ccc([C@H]3CNCCO3)cc2)cn1.O=C(Nc1ccc([C@H]2CNCCO2)cc1)c1cnn(-c2ccc(OC(F)F)cc2)c1. The van der Waals surface area contributed by atoms with E-state index < -0.39 is 6.61 Å². The van der Waals surface area contributed by atoms with E-state index in [0.29, 0.717) is 52.7 Å². The lowest BCUT2D eigenvalue weighted by Crippen LogP contribution is -2.33. The molecule has 0 saturated carbocycles. The number of amides is 2. The Bertz CT molecular complexity index is 2390. The van der Waals surface area contributed by atoms with Crippen LogP contribution >= 0.6 is 15.9 Å². The zero-order chi connectivity index (χ0) is 41.1. The number of nitriles is 1. The van der Waals surface area contributed by atoms with Gasteiger partial charge in [-0.05, 0) is 77.9 Å². The first kappa shape index (κ1) is 40.9. The average Bonchev–Trinajstić information content (AvgIpc) is 3.97. The van der Waals surface area contributed by atoms with Gasteiger partial charge in [0.15, 0.2) is 0 Å². The fourth-order valence-corrected chi connectivity index (χ4v) is 6.62. The molecule has 4 N–H and O–H groups in total. The summed E-state index contributed by atoms with van der Waals surface area (Å²) < 4.78 is 44.1. The van der Waals surface area contributed by atoms with Gasteiger partial charge >= 0.3 is 6.61 Å². The van der Waals surface area contributed by atoms with Gasteiger partial charge in [0, 0.05) is 54.4 Å². The highest BCUT2D eigenvalue weighted by molar-refractivity contribution is 9.10.